The topological polar surface area (TPSA) is 73.2 Å². The van der Waals surface area contributed by atoms with Gasteiger partial charge in [-0.15, -0.1) is 0 Å². The molecule has 2 aromatic carbocycles. The summed E-state index contributed by atoms with van der Waals surface area (Å²) in [6, 6.07) is 14.1. The van der Waals surface area contributed by atoms with Crippen LogP contribution in [0.4, 0.5) is 11.4 Å². The van der Waals surface area contributed by atoms with Gasteiger partial charge < -0.3 is 10.2 Å². The van der Waals surface area contributed by atoms with Gasteiger partial charge in [-0.05, 0) is 55.0 Å². The van der Waals surface area contributed by atoms with Gasteiger partial charge in [0.2, 0.25) is 11.8 Å². The molecule has 1 N–H and O–H groups in total. The summed E-state index contributed by atoms with van der Waals surface area (Å²) in [5.74, 6) is -0.521. The molecule has 122 valence electrons. The summed E-state index contributed by atoms with van der Waals surface area (Å²) < 4.78 is 0.911. The molecule has 2 aromatic rings. The molecule has 0 bridgehead atoms. The second kappa shape index (κ2) is 7.75. The van der Waals surface area contributed by atoms with E-state index in [9.17, 15) is 9.59 Å². The molecule has 0 aliphatic rings. The molecular formula is C18H16BrN3O2. The van der Waals surface area contributed by atoms with Crippen molar-refractivity contribution in [3.05, 3.63) is 58.1 Å². The van der Waals surface area contributed by atoms with E-state index in [4.69, 9.17) is 5.26 Å². The maximum atomic E-state index is 12.3. The van der Waals surface area contributed by atoms with Gasteiger partial charge in [0.15, 0.2) is 0 Å². The zero-order valence-electron chi connectivity index (χ0n) is 13.3. The first-order valence-corrected chi connectivity index (χ1v) is 8.04. The van der Waals surface area contributed by atoms with E-state index in [0.717, 1.165) is 10.0 Å². The zero-order chi connectivity index (χ0) is 17.7. The number of aryl methyl sites for hydroxylation is 1. The van der Waals surface area contributed by atoms with Crippen LogP contribution >= 0.6 is 15.9 Å². The second-order valence-electron chi connectivity index (χ2n) is 5.27. The molecule has 0 saturated carbocycles. The highest BCUT2D eigenvalue weighted by atomic mass is 79.9. The molecular weight excluding hydrogens is 370 g/mol. The van der Waals surface area contributed by atoms with Gasteiger partial charge in [0.05, 0.1) is 11.6 Å². The molecule has 0 unspecified atom stereocenters. The smallest absolute Gasteiger partial charge is 0.244 e. The Labute approximate surface area is 149 Å². The lowest BCUT2D eigenvalue weighted by molar-refractivity contribution is -0.120. The van der Waals surface area contributed by atoms with Crippen molar-refractivity contribution in [1.82, 2.24) is 0 Å². The number of nitrogens with one attached hydrogen (secondary N) is 1. The van der Waals surface area contributed by atoms with Crippen LogP contribution in [0.25, 0.3) is 0 Å². The predicted octanol–water partition coefficient (Wildman–Crippen LogP) is 3.62. The molecule has 0 aromatic heterocycles. The standard InChI is InChI=1S/C18H16BrN3O2/c1-12-9-15(19)5-8-17(12)22(13(2)23)11-18(24)21-16-6-3-14(10-20)4-7-16/h3-9H,11H2,1-2H3,(H,21,24). The molecule has 5 nitrogen and oxygen atoms in total. The van der Waals surface area contributed by atoms with Crippen LogP contribution in [0.1, 0.15) is 18.1 Å². The Bertz CT molecular complexity index is 810. The van der Waals surface area contributed by atoms with Crippen LogP contribution in [-0.2, 0) is 9.59 Å². The lowest BCUT2D eigenvalue weighted by Crippen LogP contribution is -2.37. The van der Waals surface area contributed by atoms with Gasteiger partial charge in [-0.3, -0.25) is 9.59 Å². The summed E-state index contributed by atoms with van der Waals surface area (Å²) in [4.78, 5) is 25.6. The molecule has 0 aliphatic heterocycles. The minimum atomic E-state index is -0.308. The molecule has 6 heteroatoms. The summed E-state index contributed by atoms with van der Waals surface area (Å²) in [5.41, 5.74) is 2.69. The van der Waals surface area contributed by atoms with E-state index < -0.39 is 0 Å². The van der Waals surface area contributed by atoms with Crippen LogP contribution in [0.15, 0.2) is 46.9 Å². The minimum absolute atomic E-state index is 0.0855. The van der Waals surface area contributed by atoms with Crippen LogP contribution in [0, 0.1) is 18.3 Å². The number of rotatable bonds is 4. The molecule has 0 aliphatic carbocycles. The Balaban J connectivity index is 2.13. The van der Waals surface area contributed by atoms with Crippen LogP contribution in [0.2, 0.25) is 0 Å². The molecule has 0 atom stereocenters. The number of nitriles is 1. The van der Waals surface area contributed by atoms with Crippen LogP contribution < -0.4 is 10.2 Å². The number of halogens is 1. The minimum Gasteiger partial charge on any atom is -0.325 e. The van der Waals surface area contributed by atoms with Gasteiger partial charge in [-0.2, -0.15) is 5.26 Å². The fourth-order valence-electron chi connectivity index (χ4n) is 2.26. The third-order valence-electron chi connectivity index (χ3n) is 3.43. The van der Waals surface area contributed by atoms with Crippen molar-refractivity contribution in [2.45, 2.75) is 13.8 Å². The average Bonchev–Trinajstić information content (AvgIpc) is 2.54. The third kappa shape index (κ3) is 4.43. The molecule has 24 heavy (non-hydrogen) atoms. The molecule has 0 radical (unpaired) electrons. The van der Waals surface area contributed by atoms with Crippen molar-refractivity contribution in [3.8, 4) is 6.07 Å². The summed E-state index contributed by atoms with van der Waals surface area (Å²) >= 11 is 3.38. The number of benzene rings is 2. The summed E-state index contributed by atoms with van der Waals surface area (Å²) in [5, 5.41) is 11.5. The lowest BCUT2D eigenvalue weighted by Gasteiger charge is -2.22. The maximum absolute atomic E-state index is 12.3. The van der Waals surface area contributed by atoms with Crippen molar-refractivity contribution >= 4 is 39.1 Å². The van der Waals surface area contributed by atoms with Gasteiger partial charge in [0, 0.05) is 22.8 Å². The van der Waals surface area contributed by atoms with E-state index in [1.54, 1.807) is 30.3 Å². The number of amides is 2. The first-order chi connectivity index (χ1) is 11.4. The van der Waals surface area contributed by atoms with Crippen LogP contribution in [-0.4, -0.2) is 18.4 Å². The van der Waals surface area contributed by atoms with Gasteiger partial charge >= 0.3 is 0 Å². The molecule has 0 spiro atoms. The van der Waals surface area contributed by atoms with E-state index in [1.807, 2.05) is 25.1 Å². The Morgan fingerprint density at radius 1 is 1.21 bits per heavy atom. The SMILES string of the molecule is CC(=O)N(CC(=O)Nc1ccc(C#N)cc1)c1ccc(Br)cc1C. The van der Waals surface area contributed by atoms with Gasteiger partial charge in [0.1, 0.15) is 6.54 Å². The second-order valence-corrected chi connectivity index (χ2v) is 6.19. The predicted molar refractivity (Wildman–Crippen MR) is 96.7 cm³/mol. The lowest BCUT2D eigenvalue weighted by atomic mass is 10.1. The first kappa shape index (κ1) is 17.7. The quantitative estimate of drug-likeness (QED) is 0.872. The molecule has 0 fully saturated rings. The summed E-state index contributed by atoms with van der Waals surface area (Å²) in [6.45, 7) is 3.23. The monoisotopic (exact) mass is 385 g/mol. The third-order valence-corrected chi connectivity index (χ3v) is 3.92. The van der Waals surface area contributed by atoms with E-state index in [1.165, 1.54) is 11.8 Å². The average molecular weight is 386 g/mol. The van der Waals surface area contributed by atoms with Gasteiger partial charge in [0.25, 0.3) is 0 Å². The van der Waals surface area contributed by atoms with E-state index in [0.29, 0.717) is 16.9 Å². The number of nitrogens with zero attached hydrogens (tertiary/aromatic N) is 2. The number of anilines is 2. The molecule has 0 heterocycles. The number of hydrogen-bond acceptors (Lipinski definition) is 3. The van der Waals surface area contributed by atoms with Crippen molar-refractivity contribution in [1.29, 1.82) is 5.26 Å². The Kier molecular flexibility index (Phi) is 5.72. The van der Waals surface area contributed by atoms with Crippen molar-refractivity contribution < 1.29 is 9.59 Å². The number of hydrogen-bond donors (Lipinski definition) is 1. The van der Waals surface area contributed by atoms with E-state index in [2.05, 4.69) is 21.2 Å². The van der Waals surface area contributed by atoms with Crippen molar-refractivity contribution in [3.63, 3.8) is 0 Å². The highest BCUT2D eigenvalue weighted by Crippen LogP contribution is 2.24. The van der Waals surface area contributed by atoms with Crippen molar-refractivity contribution in [2.24, 2.45) is 0 Å². The largest absolute Gasteiger partial charge is 0.325 e. The normalized spacial score (nSPS) is 9.92. The van der Waals surface area contributed by atoms with Crippen LogP contribution in [0.3, 0.4) is 0 Å². The molecule has 2 amide bonds. The summed E-state index contributed by atoms with van der Waals surface area (Å²) in [6.07, 6.45) is 0. The first-order valence-electron chi connectivity index (χ1n) is 7.25. The van der Waals surface area contributed by atoms with Crippen LogP contribution in [0.5, 0.6) is 0 Å². The Morgan fingerprint density at radius 2 is 1.88 bits per heavy atom. The molecule has 2 rings (SSSR count). The Morgan fingerprint density at radius 3 is 2.42 bits per heavy atom. The zero-order valence-corrected chi connectivity index (χ0v) is 14.9. The fourth-order valence-corrected chi connectivity index (χ4v) is 2.74. The maximum Gasteiger partial charge on any atom is 0.244 e. The van der Waals surface area contributed by atoms with E-state index in [-0.39, 0.29) is 18.4 Å². The highest BCUT2D eigenvalue weighted by Gasteiger charge is 2.17. The Hall–Kier alpha value is -2.65. The van der Waals surface area contributed by atoms with Gasteiger partial charge in [-0.25, -0.2) is 0 Å². The highest BCUT2D eigenvalue weighted by molar-refractivity contribution is 9.10. The van der Waals surface area contributed by atoms with Crippen molar-refractivity contribution in [2.75, 3.05) is 16.8 Å². The fraction of sp³-hybridized carbons (Fsp3) is 0.167. The number of carbonyl (C=O) groups excluding carboxylic acids is 2. The van der Waals surface area contributed by atoms with E-state index >= 15 is 0 Å². The molecule has 0 saturated heterocycles. The summed E-state index contributed by atoms with van der Waals surface area (Å²) in [7, 11) is 0. The van der Waals surface area contributed by atoms with Gasteiger partial charge in [-0.1, -0.05) is 15.9 Å². The number of carbonyl (C=O) groups is 2.